The van der Waals surface area contributed by atoms with Crippen LogP contribution in [0, 0.1) is 0 Å². The fourth-order valence-electron chi connectivity index (χ4n) is 2.24. The maximum absolute atomic E-state index is 11.7. The van der Waals surface area contributed by atoms with Crippen LogP contribution < -0.4 is 10.6 Å². The molecular formula is C15H23N3O2. The summed E-state index contributed by atoms with van der Waals surface area (Å²) in [5, 5.41) is 6.19. The molecule has 1 aliphatic heterocycles. The summed E-state index contributed by atoms with van der Waals surface area (Å²) in [7, 11) is 0. The Bertz CT molecular complexity index is 391. The third-order valence-corrected chi connectivity index (χ3v) is 3.40. The molecule has 1 amide bonds. The summed E-state index contributed by atoms with van der Waals surface area (Å²) in [6.07, 6.45) is 5.37. The van der Waals surface area contributed by atoms with Crippen molar-refractivity contribution in [3.63, 3.8) is 0 Å². The monoisotopic (exact) mass is 277 g/mol. The van der Waals surface area contributed by atoms with Crippen molar-refractivity contribution < 1.29 is 9.53 Å². The predicted octanol–water partition coefficient (Wildman–Crippen LogP) is 0.899. The zero-order chi connectivity index (χ0) is 14.0. The molecule has 0 aromatic carbocycles. The van der Waals surface area contributed by atoms with Gasteiger partial charge in [0.15, 0.2) is 0 Å². The fraction of sp³-hybridized carbons (Fsp3) is 0.600. The Morgan fingerprint density at radius 1 is 1.40 bits per heavy atom. The number of pyridine rings is 1. The third-order valence-electron chi connectivity index (χ3n) is 3.40. The van der Waals surface area contributed by atoms with Crippen molar-refractivity contribution in [2.75, 3.05) is 26.2 Å². The van der Waals surface area contributed by atoms with Gasteiger partial charge in [0.1, 0.15) is 0 Å². The van der Waals surface area contributed by atoms with E-state index in [-0.39, 0.29) is 5.91 Å². The van der Waals surface area contributed by atoms with Crippen molar-refractivity contribution in [1.29, 1.82) is 0 Å². The van der Waals surface area contributed by atoms with Gasteiger partial charge in [-0.05, 0) is 38.1 Å². The SMILES string of the molecule is O=C(CCOC1CCNCC1)NCCc1ccccn1. The molecule has 0 saturated carbocycles. The molecule has 1 aromatic rings. The van der Waals surface area contributed by atoms with Gasteiger partial charge in [-0.3, -0.25) is 9.78 Å². The summed E-state index contributed by atoms with van der Waals surface area (Å²) in [6.45, 7) is 3.17. The van der Waals surface area contributed by atoms with Crippen molar-refractivity contribution in [2.24, 2.45) is 0 Å². The van der Waals surface area contributed by atoms with E-state index in [0.717, 1.165) is 38.0 Å². The Kier molecular flexibility index (Phi) is 6.47. The van der Waals surface area contributed by atoms with Crippen LogP contribution in [0.2, 0.25) is 0 Å². The van der Waals surface area contributed by atoms with Crippen LogP contribution in [-0.2, 0) is 16.0 Å². The number of piperidine rings is 1. The van der Waals surface area contributed by atoms with Crippen molar-refractivity contribution in [1.82, 2.24) is 15.6 Å². The molecule has 1 fully saturated rings. The minimum atomic E-state index is 0.0508. The number of hydrogen-bond acceptors (Lipinski definition) is 4. The second kappa shape index (κ2) is 8.66. The van der Waals surface area contributed by atoms with Crippen molar-refractivity contribution in [3.8, 4) is 0 Å². The van der Waals surface area contributed by atoms with Crippen LogP contribution >= 0.6 is 0 Å². The van der Waals surface area contributed by atoms with Gasteiger partial charge in [-0.25, -0.2) is 0 Å². The number of carbonyl (C=O) groups excluding carboxylic acids is 1. The van der Waals surface area contributed by atoms with Crippen LogP contribution in [0.3, 0.4) is 0 Å². The average Bonchev–Trinajstić information content (AvgIpc) is 2.49. The highest BCUT2D eigenvalue weighted by Gasteiger charge is 2.13. The van der Waals surface area contributed by atoms with Crippen molar-refractivity contribution in [2.45, 2.75) is 31.8 Å². The number of hydrogen-bond donors (Lipinski definition) is 2. The van der Waals surface area contributed by atoms with Crippen molar-refractivity contribution >= 4 is 5.91 Å². The smallest absolute Gasteiger partial charge is 0.222 e. The number of carbonyl (C=O) groups is 1. The molecule has 0 bridgehead atoms. The van der Waals surface area contributed by atoms with Crippen LogP contribution in [0.15, 0.2) is 24.4 Å². The quantitative estimate of drug-likeness (QED) is 0.777. The third kappa shape index (κ3) is 5.67. The van der Waals surface area contributed by atoms with Crippen molar-refractivity contribution in [3.05, 3.63) is 30.1 Å². The predicted molar refractivity (Wildman–Crippen MR) is 77.4 cm³/mol. The van der Waals surface area contributed by atoms with Crippen LogP contribution in [-0.4, -0.2) is 43.2 Å². The van der Waals surface area contributed by atoms with E-state index in [9.17, 15) is 4.79 Å². The lowest BCUT2D eigenvalue weighted by Gasteiger charge is -2.22. The summed E-state index contributed by atoms with van der Waals surface area (Å²) in [6, 6.07) is 5.81. The number of nitrogens with one attached hydrogen (secondary N) is 2. The number of nitrogens with zero attached hydrogens (tertiary/aromatic N) is 1. The first-order chi connectivity index (χ1) is 9.84. The standard InChI is InChI=1S/C15H23N3O2/c19-15(7-12-20-14-5-9-16-10-6-14)18-11-4-13-3-1-2-8-17-13/h1-3,8,14,16H,4-7,9-12H2,(H,18,19). The highest BCUT2D eigenvalue weighted by Crippen LogP contribution is 2.07. The minimum absolute atomic E-state index is 0.0508. The Labute approximate surface area is 120 Å². The van der Waals surface area contributed by atoms with E-state index in [4.69, 9.17) is 4.74 Å². The van der Waals surface area contributed by atoms with Gasteiger partial charge in [-0.1, -0.05) is 6.07 Å². The maximum atomic E-state index is 11.7. The van der Waals surface area contributed by atoms with Crippen LogP contribution in [0.4, 0.5) is 0 Å². The van der Waals surface area contributed by atoms with E-state index in [0.29, 0.717) is 25.7 Å². The Morgan fingerprint density at radius 2 is 2.25 bits per heavy atom. The molecule has 20 heavy (non-hydrogen) atoms. The molecule has 5 nitrogen and oxygen atoms in total. The first-order valence-electron chi connectivity index (χ1n) is 7.33. The fourth-order valence-corrected chi connectivity index (χ4v) is 2.24. The van der Waals surface area contributed by atoms with E-state index in [2.05, 4.69) is 15.6 Å². The molecule has 0 spiro atoms. The number of ether oxygens (including phenoxy) is 1. The van der Waals surface area contributed by atoms with Crippen LogP contribution in [0.1, 0.15) is 25.0 Å². The number of rotatable bonds is 7. The Balaban J connectivity index is 1.52. The van der Waals surface area contributed by atoms with E-state index in [1.165, 1.54) is 0 Å². The summed E-state index contributed by atoms with van der Waals surface area (Å²) in [5.74, 6) is 0.0508. The highest BCUT2D eigenvalue weighted by atomic mass is 16.5. The minimum Gasteiger partial charge on any atom is -0.378 e. The zero-order valence-electron chi connectivity index (χ0n) is 11.8. The first kappa shape index (κ1) is 14.9. The molecule has 5 heteroatoms. The summed E-state index contributed by atoms with van der Waals surface area (Å²) < 4.78 is 5.71. The van der Waals surface area contributed by atoms with Gasteiger partial charge in [0, 0.05) is 31.3 Å². The molecule has 2 N–H and O–H groups in total. The Hall–Kier alpha value is -1.46. The summed E-state index contributed by atoms with van der Waals surface area (Å²) in [4.78, 5) is 15.9. The lowest BCUT2D eigenvalue weighted by atomic mass is 10.1. The van der Waals surface area contributed by atoms with E-state index in [1.54, 1.807) is 6.20 Å². The molecule has 0 aliphatic carbocycles. The second-order valence-corrected chi connectivity index (χ2v) is 4.99. The van der Waals surface area contributed by atoms with Gasteiger partial charge < -0.3 is 15.4 Å². The molecule has 2 heterocycles. The van der Waals surface area contributed by atoms with Gasteiger partial charge in [0.25, 0.3) is 0 Å². The maximum Gasteiger partial charge on any atom is 0.222 e. The first-order valence-corrected chi connectivity index (χ1v) is 7.33. The lowest BCUT2D eigenvalue weighted by molar-refractivity contribution is -0.122. The van der Waals surface area contributed by atoms with Gasteiger partial charge in [0.05, 0.1) is 12.7 Å². The van der Waals surface area contributed by atoms with Gasteiger partial charge in [-0.2, -0.15) is 0 Å². The molecule has 1 aliphatic rings. The van der Waals surface area contributed by atoms with Gasteiger partial charge in [-0.15, -0.1) is 0 Å². The zero-order valence-corrected chi connectivity index (χ0v) is 11.8. The molecule has 2 rings (SSSR count). The molecule has 0 unspecified atom stereocenters. The normalized spacial score (nSPS) is 16.0. The summed E-state index contributed by atoms with van der Waals surface area (Å²) in [5.41, 5.74) is 0.999. The molecule has 110 valence electrons. The van der Waals surface area contributed by atoms with E-state index < -0.39 is 0 Å². The van der Waals surface area contributed by atoms with Gasteiger partial charge >= 0.3 is 0 Å². The molecular weight excluding hydrogens is 254 g/mol. The summed E-state index contributed by atoms with van der Waals surface area (Å²) >= 11 is 0. The molecule has 0 radical (unpaired) electrons. The van der Waals surface area contributed by atoms with E-state index in [1.807, 2.05) is 18.2 Å². The number of amides is 1. The number of aromatic nitrogens is 1. The van der Waals surface area contributed by atoms with E-state index >= 15 is 0 Å². The Morgan fingerprint density at radius 3 is 3.00 bits per heavy atom. The van der Waals surface area contributed by atoms with Gasteiger partial charge in [0.2, 0.25) is 5.91 Å². The topological polar surface area (TPSA) is 63.2 Å². The second-order valence-electron chi connectivity index (χ2n) is 4.99. The largest absolute Gasteiger partial charge is 0.378 e. The average molecular weight is 277 g/mol. The molecule has 1 saturated heterocycles. The lowest BCUT2D eigenvalue weighted by Crippen LogP contribution is -2.33. The molecule has 1 aromatic heterocycles. The van der Waals surface area contributed by atoms with Crippen LogP contribution in [0.25, 0.3) is 0 Å². The van der Waals surface area contributed by atoms with Crippen LogP contribution in [0.5, 0.6) is 0 Å². The molecule has 0 atom stereocenters. The highest BCUT2D eigenvalue weighted by molar-refractivity contribution is 5.75.